The molecule has 94 valence electrons. The lowest BCUT2D eigenvalue weighted by molar-refractivity contribution is 0.489. The monoisotopic (exact) mass is 264 g/mol. The molecule has 2 heterocycles. The van der Waals surface area contributed by atoms with E-state index in [1.807, 2.05) is 30.3 Å². The first kappa shape index (κ1) is 11.3. The van der Waals surface area contributed by atoms with Crippen molar-refractivity contribution in [3.8, 4) is 11.4 Å². The van der Waals surface area contributed by atoms with Crippen molar-refractivity contribution < 1.29 is 8.42 Å². The van der Waals surface area contributed by atoms with Crippen LogP contribution in [0.4, 0.5) is 0 Å². The van der Waals surface area contributed by atoms with Crippen LogP contribution in [0.2, 0.25) is 0 Å². The summed E-state index contributed by atoms with van der Waals surface area (Å²) in [6, 6.07) is 9.38. The van der Waals surface area contributed by atoms with Crippen LogP contribution in [0, 0.1) is 0 Å². The van der Waals surface area contributed by atoms with E-state index in [2.05, 4.69) is 15.5 Å². The van der Waals surface area contributed by atoms with Crippen molar-refractivity contribution in [2.45, 2.75) is 12.5 Å². The average Bonchev–Trinajstić information content (AvgIpc) is 2.96. The summed E-state index contributed by atoms with van der Waals surface area (Å²) in [5.41, 5.74) is 0.895. The van der Waals surface area contributed by atoms with Crippen molar-refractivity contribution in [1.82, 2.24) is 20.2 Å². The number of benzene rings is 1. The molecule has 6 nitrogen and oxygen atoms in total. The number of tetrazole rings is 1. The van der Waals surface area contributed by atoms with E-state index in [4.69, 9.17) is 0 Å². The molecule has 7 heteroatoms. The first-order chi connectivity index (χ1) is 8.66. The predicted octanol–water partition coefficient (Wildman–Crippen LogP) is 0.700. The van der Waals surface area contributed by atoms with Gasteiger partial charge in [0.25, 0.3) is 0 Å². The Kier molecular flexibility index (Phi) is 2.62. The molecule has 1 atom stereocenters. The molecule has 0 N–H and O–H groups in total. The van der Waals surface area contributed by atoms with E-state index in [0.29, 0.717) is 12.2 Å². The molecule has 18 heavy (non-hydrogen) atoms. The van der Waals surface area contributed by atoms with Gasteiger partial charge >= 0.3 is 0 Å². The Bertz CT molecular complexity index is 651. The van der Waals surface area contributed by atoms with E-state index >= 15 is 0 Å². The zero-order valence-electron chi connectivity index (χ0n) is 9.60. The highest BCUT2D eigenvalue weighted by Gasteiger charge is 2.31. The second-order valence-corrected chi connectivity index (χ2v) is 6.60. The SMILES string of the molecule is O=S1(=O)CCC(n2nnnc2-c2ccccc2)C1. The maximum atomic E-state index is 11.5. The normalized spacial score (nSPS) is 22.1. The minimum absolute atomic E-state index is 0.123. The third-order valence-electron chi connectivity index (χ3n) is 3.08. The molecule has 0 radical (unpaired) electrons. The molecule has 0 amide bonds. The van der Waals surface area contributed by atoms with Gasteiger partial charge in [0.1, 0.15) is 0 Å². The Morgan fingerprint density at radius 3 is 2.67 bits per heavy atom. The summed E-state index contributed by atoms with van der Waals surface area (Å²) < 4.78 is 24.6. The summed E-state index contributed by atoms with van der Waals surface area (Å²) in [5.74, 6) is 0.960. The summed E-state index contributed by atoms with van der Waals surface area (Å²) in [6.45, 7) is 0. The number of hydrogen-bond acceptors (Lipinski definition) is 5. The molecule has 0 aliphatic carbocycles. The van der Waals surface area contributed by atoms with Crippen molar-refractivity contribution in [2.24, 2.45) is 0 Å². The molecule has 1 aromatic heterocycles. The van der Waals surface area contributed by atoms with E-state index in [0.717, 1.165) is 5.56 Å². The lowest BCUT2D eigenvalue weighted by atomic mass is 10.2. The third-order valence-corrected chi connectivity index (χ3v) is 4.83. The van der Waals surface area contributed by atoms with Gasteiger partial charge in [0.05, 0.1) is 17.5 Å². The van der Waals surface area contributed by atoms with E-state index in [1.54, 1.807) is 4.68 Å². The minimum atomic E-state index is -2.94. The van der Waals surface area contributed by atoms with Crippen molar-refractivity contribution in [1.29, 1.82) is 0 Å². The van der Waals surface area contributed by atoms with Crippen LogP contribution in [0.1, 0.15) is 12.5 Å². The molecule has 1 aliphatic heterocycles. The molecule has 3 rings (SSSR count). The molecule has 1 saturated heterocycles. The number of rotatable bonds is 2. The van der Waals surface area contributed by atoms with Gasteiger partial charge in [0, 0.05) is 5.56 Å². The highest BCUT2D eigenvalue weighted by molar-refractivity contribution is 7.91. The average molecular weight is 264 g/mol. The maximum Gasteiger partial charge on any atom is 0.182 e. The van der Waals surface area contributed by atoms with E-state index in [9.17, 15) is 8.42 Å². The predicted molar refractivity (Wildman–Crippen MR) is 65.6 cm³/mol. The van der Waals surface area contributed by atoms with Gasteiger partial charge in [-0.1, -0.05) is 30.3 Å². The summed E-state index contributed by atoms with van der Waals surface area (Å²) >= 11 is 0. The summed E-state index contributed by atoms with van der Waals surface area (Å²) in [5, 5.41) is 11.6. The van der Waals surface area contributed by atoms with Gasteiger partial charge in [-0.05, 0) is 16.8 Å². The van der Waals surface area contributed by atoms with Crippen molar-refractivity contribution in [3.05, 3.63) is 30.3 Å². The van der Waals surface area contributed by atoms with E-state index in [-0.39, 0.29) is 17.5 Å². The summed E-state index contributed by atoms with van der Waals surface area (Å²) in [4.78, 5) is 0. The Labute approximate surface area is 105 Å². The topological polar surface area (TPSA) is 77.7 Å². The van der Waals surface area contributed by atoms with E-state index < -0.39 is 9.84 Å². The quantitative estimate of drug-likeness (QED) is 0.798. The van der Waals surface area contributed by atoms with Crippen LogP contribution in [0.5, 0.6) is 0 Å². The van der Waals surface area contributed by atoms with Crippen LogP contribution in [-0.4, -0.2) is 40.1 Å². The molecule has 1 fully saturated rings. The smallest absolute Gasteiger partial charge is 0.182 e. The first-order valence-electron chi connectivity index (χ1n) is 5.69. The van der Waals surface area contributed by atoms with Gasteiger partial charge in [0.2, 0.25) is 0 Å². The number of hydrogen-bond donors (Lipinski definition) is 0. The van der Waals surface area contributed by atoms with Crippen LogP contribution in [-0.2, 0) is 9.84 Å². The van der Waals surface area contributed by atoms with Gasteiger partial charge in [-0.25, -0.2) is 13.1 Å². The zero-order valence-corrected chi connectivity index (χ0v) is 10.4. The molecule has 0 spiro atoms. The van der Waals surface area contributed by atoms with Crippen LogP contribution >= 0.6 is 0 Å². The van der Waals surface area contributed by atoms with Gasteiger partial charge < -0.3 is 0 Å². The molecule has 1 aliphatic rings. The van der Waals surface area contributed by atoms with Gasteiger partial charge in [-0.3, -0.25) is 0 Å². The van der Waals surface area contributed by atoms with E-state index in [1.165, 1.54) is 0 Å². The van der Waals surface area contributed by atoms with Gasteiger partial charge in [-0.15, -0.1) is 5.10 Å². The molecular weight excluding hydrogens is 252 g/mol. The maximum absolute atomic E-state index is 11.5. The fourth-order valence-corrected chi connectivity index (χ4v) is 3.88. The van der Waals surface area contributed by atoms with Crippen LogP contribution in [0.25, 0.3) is 11.4 Å². The lowest BCUT2D eigenvalue weighted by Crippen LogP contribution is -2.13. The highest BCUT2D eigenvalue weighted by atomic mass is 32.2. The standard InChI is InChI=1S/C11H12N4O2S/c16-18(17)7-6-10(8-18)15-11(12-13-14-15)9-4-2-1-3-5-9/h1-5,10H,6-8H2. The third kappa shape index (κ3) is 2.01. The Morgan fingerprint density at radius 2 is 2.00 bits per heavy atom. The van der Waals surface area contributed by atoms with Crippen molar-refractivity contribution >= 4 is 9.84 Å². The van der Waals surface area contributed by atoms with Crippen molar-refractivity contribution in [2.75, 3.05) is 11.5 Å². The van der Waals surface area contributed by atoms with Gasteiger partial charge in [0.15, 0.2) is 15.7 Å². The molecule has 1 aromatic carbocycles. The Morgan fingerprint density at radius 1 is 1.22 bits per heavy atom. The summed E-state index contributed by atoms with van der Waals surface area (Å²) in [7, 11) is -2.94. The molecular formula is C11H12N4O2S. The molecule has 0 saturated carbocycles. The minimum Gasteiger partial charge on any atom is -0.229 e. The molecule has 1 unspecified atom stereocenters. The second kappa shape index (κ2) is 4.16. The largest absolute Gasteiger partial charge is 0.229 e. The summed E-state index contributed by atoms with van der Waals surface area (Å²) in [6.07, 6.45) is 0.577. The van der Waals surface area contributed by atoms with Gasteiger partial charge in [-0.2, -0.15) is 0 Å². The lowest BCUT2D eigenvalue weighted by Gasteiger charge is -2.09. The van der Waals surface area contributed by atoms with Crippen LogP contribution in [0.15, 0.2) is 30.3 Å². The molecule has 2 aromatic rings. The first-order valence-corrected chi connectivity index (χ1v) is 7.51. The Balaban J connectivity index is 1.98. The fourth-order valence-electron chi connectivity index (χ4n) is 2.19. The fraction of sp³-hybridized carbons (Fsp3) is 0.364. The van der Waals surface area contributed by atoms with Crippen molar-refractivity contribution in [3.63, 3.8) is 0 Å². The highest BCUT2D eigenvalue weighted by Crippen LogP contribution is 2.26. The number of aromatic nitrogens is 4. The number of nitrogens with zero attached hydrogens (tertiary/aromatic N) is 4. The van der Waals surface area contributed by atoms with Crippen LogP contribution < -0.4 is 0 Å². The van der Waals surface area contributed by atoms with Crippen LogP contribution in [0.3, 0.4) is 0 Å². The Hall–Kier alpha value is -1.76. The second-order valence-electron chi connectivity index (χ2n) is 4.37. The zero-order chi connectivity index (χ0) is 12.6. The molecule has 0 bridgehead atoms. The number of sulfone groups is 1.